The van der Waals surface area contributed by atoms with Gasteiger partial charge >= 0.3 is 5.97 Å². The molecule has 210 valence electrons. The van der Waals surface area contributed by atoms with Gasteiger partial charge in [-0.05, 0) is 60.6 Å². The van der Waals surface area contributed by atoms with Crippen molar-refractivity contribution in [2.45, 2.75) is 63.7 Å². The minimum absolute atomic E-state index is 0.0452. The van der Waals surface area contributed by atoms with Crippen LogP contribution in [0.25, 0.3) is 0 Å². The predicted octanol–water partition coefficient (Wildman–Crippen LogP) is 0.912. The van der Waals surface area contributed by atoms with Gasteiger partial charge in [-0.1, -0.05) is 38.1 Å². The van der Waals surface area contributed by atoms with E-state index in [0.717, 1.165) is 5.56 Å². The van der Waals surface area contributed by atoms with Crippen molar-refractivity contribution >= 4 is 23.7 Å². The van der Waals surface area contributed by atoms with E-state index >= 15 is 0 Å². The second kappa shape index (κ2) is 13.1. The number of phenolic OH excluding ortho intramolecular Hbond substituents is 2. The van der Waals surface area contributed by atoms with Gasteiger partial charge in [0.25, 0.3) is 0 Å². The molecule has 1 heterocycles. The highest BCUT2D eigenvalue weighted by Gasteiger charge is 2.39. The quantitative estimate of drug-likeness (QED) is 0.243. The minimum atomic E-state index is -1.10. The van der Waals surface area contributed by atoms with Gasteiger partial charge in [0.15, 0.2) is 0 Å². The van der Waals surface area contributed by atoms with E-state index in [1.165, 1.54) is 29.2 Å². The summed E-state index contributed by atoms with van der Waals surface area (Å²) in [7, 11) is 0. The van der Waals surface area contributed by atoms with Gasteiger partial charge in [0.05, 0.1) is 6.04 Å². The minimum Gasteiger partial charge on any atom is -0.508 e. The second-order valence-corrected chi connectivity index (χ2v) is 10.2. The van der Waals surface area contributed by atoms with Crippen LogP contribution >= 0.6 is 0 Å². The number of likely N-dealkylation sites (tertiary alicyclic amines) is 1. The molecule has 0 aliphatic carbocycles. The number of phenols is 2. The molecule has 2 aromatic rings. The first kappa shape index (κ1) is 29.4. The molecule has 11 heteroatoms. The van der Waals surface area contributed by atoms with Crippen molar-refractivity contribution in [1.82, 2.24) is 15.5 Å². The van der Waals surface area contributed by atoms with Crippen LogP contribution in [-0.2, 0) is 32.0 Å². The number of rotatable bonds is 11. The van der Waals surface area contributed by atoms with Crippen LogP contribution < -0.4 is 16.4 Å². The predicted molar refractivity (Wildman–Crippen MR) is 143 cm³/mol. The summed E-state index contributed by atoms with van der Waals surface area (Å²) < 4.78 is 0. The standard InChI is InChI=1S/C28H36N4O7/c1-16(2)24(27(37)32-13-3-4-23(32)28(38)39)31-26(36)22(15-18-7-11-20(34)12-8-18)30-25(35)21(29)14-17-5-9-19(33)10-6-17/h5-12,16,21-24,33-34H,3-4,13-15,29H2,1-2H3,(H,30,35)(H,31,36)(H,38,39). The monoisotopic (exact) mass is 540 g/mol. The summed E-state index contributed by atoms with van der Waals surface area (Å²) >= 11 is 0. The highest BCUT2D eigenvalue weighted by molar-refractivity contribution is 5.94. The maximum atomic E-state index is 13.5. The van der Waals surface area contributed by atoms with Gasteiger partial charge < -0.3 is 36.6 Å². The molecule has 0 bridgehead atoms. The van der Waals surface area contributed by atoms with Gasteiger partial charge in [0.1, 0.15) is 29.6 Å². The average Bonchev–Trinajstić information content (AvgIpc) is 3.39. The average molecular weight is 541 g/mol. The van der Waals surface area contributed by atoms with Crippen molar-refractivity contribution in [3.8, 4) is 11.5 Å². The molecule has 4 atom stereocenters. The van der Waals surface area contributed by atoms with E-state index in [1.807, 2.05) is 0 Å². The van der Waals surface area contributed by atoms with Crippen LogP contribution in [0, 0.1) is 5.92 Å². The van der Waals surface area contributed by atoms with Gasteiger partial charge in [-0.15, -0.1) is 0 Å². The number of carbonyl (C=O) groups excluding carboxylic acids is 3. The largest absolute Gasteiger partial charge is 0.508 e. The molecule has 0 saturated carbocycles. The molecule has 39 heavy (non-hydrogen) atoms. The Morgan fingerprint density at radius 2 is 1.44 bits per heavy atom. The van der Waals surface area contributed by atoms with Gasteiger partial charge in [-0.3, -0.25) is 14.4 Å². The lowest BCUT2D eigenvalue weighted by Crippen LogP contribution is -2.59. The van der Waals surface area contributed by atoms with E-state index in [9.17, 15) is 34.5 Å². The zero-order chi connectivity index (χ0) is 28.7. The third-order valence-electron chi connectivity index (χ3n) is 6.79. The van der Waals surface area contributed by atoms with E-state index in [4.69, 9.17) is 5.73 Å². The zero-order valence-electron chi connectivity index (χ0n) is 22.0. The number of carboxylic acid groups (broad SMARTS) is 1. The summed E-state index contributed by atoms with van der Waals surface area (Å²) in [5, 5.41) is 34.0. The number of aromatic hydroxyl groups is 2. The van der Waals surface area contributed by atoms with E-state index in [1.54, 1.807) is 38.1 Å². The van der Waals surface area contributed by atoms with Crippen LogP contribution in [0.2, 0.25) is 0 Å². The molecule has 11 nitrogen and oxygen atoms in total. The summed E-state index contributed by atoms with van der Waals surface area (Å²) in [6.07, 6.45) is 1.13. The van der Waals surface area contributed by atoms with Gasteiger partial charge in [0.2, 0.25) is 17.7 Å². The number of carbonyl (C=O) groups is 4. The number of carboxylic acids is 1. The molecular formula is C28H36N4O7. The number of benzene rings is 2. The van der Waals surface area contributed by atoms with Crippen molar-refractivity contribution in [2.75, 3.05) is 6.54 Å². The molecule has 0 spiro atoms. The van der Waals surface area contributed by atoms with Crippen LogP contribution in [0.15, 0.2) is 48.5 Å². The molecule has 3 rings (SSSR count). The van der Waals surface area contributed by atoms with Gasteiger partial charge in [-0.25, -0.2) is 4.79 Å². The lowest BCUT2D eigenvalue weighted by molar-refractivity contribution is -0.150. The first-order valence-electron chi connectivity index (χ1n) is 12.9. The number of nitrogens with one attached hydrogen (secondary N) is 2. The molecule has 2 aromatic carbocycles. The van der Waals surface area contributed by atoms with E-state index in [0.29, 0.717) is 18.4 Å². The highest BCUT2D eigenvalue weighted by Crippen LogP contribution is 2.21. The fourth-order valence-corrected chi connectivity index (χ4v) is 4.57. The summed E-state index contributed by atoms with van der Waals surface area (Å²) in [5.74, 6) is -3.00. The number of hydrogen-bond acceptors (Lipinski definition) is 7. The van der Waals surface area contributed by atoms with Crippen LogP contribution in [0.3, 0.4) is 0 Å². The highest BCUT2D eigenvalue weighted by atomic mass is 16.4. The second-order valence-electron chi connectivity index (χ2n) is 10.2. The summed E-state index contributed by atoms with van der Waals surface area (Å²) in [4.78, 5) is 52.7. The Hall–Kier alpha value is -4.12. The zero-order valence-corrected chi connectivity index (χ0v) is 22.0. The van der Waals surface area contributed by atoms with E-state index < -0.39 is 47.9 Å². The van der Waals surface area contributed by atoms with E-state index in [-0.39, 0.29) is 36.8 Å². The number of hydrogen-bond donors (Lipinski definition) is 6. The first-order chi connectivity index (χ1) is 18.5. The third kappa shape index (κ3) is 7.93. The van der Waals surface area contributed by atoms with Crippen molar-refractivity contribution < 1.29 is 34.5 Å². The molecule has 1 aliphatic heterocycles. The molecule has 7 N–H and O–H groups in total. The number of nitrogens with zero attached hydrogens (tertiary/aromatic N) is 1. The maximum Gasteiger partial charge on any atom is 0.326 e. The maximum absolute atomic E-state index is 13.5. The van der Waals surface area contributed by atoms with Crippen LogP contribution in [0.4, 0.5) is 0 Å². The van der Waals surface area contributed by atoms with Crippen molar-refractivity contribution in [3.05, 3.63) is 59.7 Å². The lowest BCUT2D eigenvalue weighted by atomic mass is 9.99. The topological polar surface area (TPSA) is 182 Å². The normalized spacial score (nSPS) is 17.3. The van der Waals surface area contributed by atoms with Gasteiger partial charge in [-0.2, -0.15) is 0 Å². The third-order valence-corrected chi connectivity index (χ3v) is 6.79. The summed E-state index contributed by atoms with van der Waals surface area (Å²) in [6, 6.07) is 8.38. The summed E-state index contributed by atoms with van der Waals surface area (Å²) in [5.41, 5.74) is 7.49. The first-order valence-corrected chi connectivity index (χ1v) is 12.9. The van der Waals surface area contributed by atoms with Crippen molar-refractivity contribution in [2.24, 2.45) is 11.7 Å². The van der Waals surface area contributed by atoms with Crippen LogP contribution in [-0.4, -0.2) is 74.6 Å². The van der Waals surface area contributed by atoms with Crippen LogP contribution in [0.5, 0.6) is 11.5 Å². The number of aliphatic carboxylic acids is 1. The Bertz CT molecular complexity index is 1170. The molecule has 1 aliphatic rings. The van der Waals surface area contributed by atoms with Crippen molar-refractivity contribution in [1.29, 1.82) is 0 Å². The Kier molecular flexibility index (Phi) is 9.89. The molecule has 4 unspecified atom stereocenters. The lowest BCUT2D eigenvalue weighted by Gasteiger charge is -2.31. The molecular weight excluding hydrogens is 504 g/mol. The molecule has 1 fully saturated rings. The fourth-order valence-electron chi connectivity index (χ4n) is 4.57. The van der Waals surface area contributed by atoms with E-state index in [2.05, 4.69) is 10.6 Å². The number of nitrogens with two attached hydrogens (primary N) is 1. The smallest absolute Gasteiger partial charge is 0.326 e. The summed E-state index contributed by atoms with van der Waals surface area (Å²) in [6.45, 7) is 3.78. The molecule has 1 saturated heterocycles. The Morgan fingerprint density at radius 3 is 1.95 bits per heavy atom. The Morgan fingerprint density at radius 1 is 0.897 bits per heavy atom. The van der Waals surface area contributed by atoms with Crippen LogP contribution in [0.1, 0.15) is 37.8 Å². The van der Waals surface area contributed by atoms with Gasteiger partial charge in [0, 0.05) is 13.0 Å². The number of amides is 3. The Labute approximate surface area is 227 Å². The Balaban J connectivity index is 1.77. The molecule has 3 amide bonds. The molecule has 0 aromatic heterocycles. The SMILES string of the molecule is CC(C)C(NC(=O)C(Cc1ccc(O)cc1)NC(=O)C(N)Cc1ccc(O)cc1)C(=O)N1CCCC1C(=O)O. The van der Waals surface area contributed by atoms with Crippen molar-refractivity contribution in [3.63, 3.8) is 0 Å². The fraction of sp³-hybridized carbons (Fsp3) is 0.429. The molecule has 0 radical (unpaired) electrons.